The van der Waals surface area contributed by atoms with Crippen LogP contribution in [0.3, 0.4) is 0 Å². The largest absolute Gasteiger partial charge is 0.478 e. The van der Waals surface area contributed by atoms with Gasteiger partial charge in [-0.2, -0.15) is 0 Å². The third-order valence-electron chi connectivity index (χ3n) is 3.43. The van der Waals surface area contributed by atoms with Crippen LogP contribution in [0.4, 0.5) is 0 Å². The van der Waals surface area contributed by atoms with E-state index in [0.29, 0.717) is 30.6 Å². The van der Waals surface area contributed by atoms with Gasteiger partial charge in [0.2, 0.25) is 11.8 Å². The van der Waals surface area contributed by atoms with Gasteiger partial charge in [-0.3, -0.25) is 9.88 Å². The summed E-state index contributed by atoms with van der Waals surface area (Å²) in [5.41, 5.74) is 1.55. The lowest BCUT2D eigenvalue weighted by Gasteiger charge is -2.14. The minimum atomic E-state index is -0.990. The maximum atomic E-state index is 11.2. The molecular weight excluding hydrogens is 308 g/mol. The number of hydrogen-bond acceptors (Lipinski definition) is 6. The van der Waals surface area contributed by atoms with E-state index in [1.54, 1.807) is 18.3 Å². The van der Waals surface area contributed by atoms with Crippen LogP contribution in [0.25, 0.3) is 11.5 Å². The molecule has 3 rings (SSSR count). The smallest absolute Gasteiger partial charge is 0.337 e. The molecule has 1 N–H and O–H groups in total. The molecule has 0 aliphatic heterocycles. The molecule has 24 heavy (non-hydrogen) atoms. The number of aromatic nitrogens is 3. The zero-order valence-electron chi connectivity index (χ0n) is 13.1. The first kappa shape index (κ1) is 15.8. The first-order valence-corrected chi connectivity index (χ1v) is 7.37. The van der Waals surface area contributed by atoms with Gasteiger partial charge in [0.25, 0.3) is 0 Å². The Morgan fingerprint density at radius 1 is 1.12 bits per heavy atom. The monoisotopic (exact) mass is 324 g/mol. The summed E-state index contributed by atoms with van der Waals surface area (Å²) in [5.74, 6) is -0.0668. The van der Waals surface area contributed by atoms with E-state index >= 15 is 0 Å². The number of nitrogens with zero attached hydrogens (tertiary/aromatic N) is 4. The van der Waals surface area contributed by atoms with E-state index in [0.717, 1.165) is 5.56 Å². The van der Waals surface area contributed by atoms with Crippen LogP contribution in [0, 0.1) is 0 Å². The molecule has 7 heteroatoms. The van der Waals surface area contributed by atoms with Crippen molar-refractivity contribution in [3.8, 4) is 11.5 Å². The van der Waals surface area contributed by atoms with Gasteiger partial charge in [-0.1, -0.05) is 18.2 Å². The Hall–Kier alpha value is -3.06. The molecule has 2 heterocycles. The third-order valence-corrected chi connectivity index (χ3v) is 3.43. The first-order chi connectivity index (χ1) is 11.6. The van der Waals surface area contributed by atoms with Crippen LogP contribution in [0.15, 0.2) is 53.1 Å². The minimum Gasteiger partial charge on any atom is -0.478 e. The molecule has 0 radical (unpaired) electrons. The summed E-state index contributed by atoms with van der Waals surface area (Å²) in [4.78, 5) is 17.2. The number of pyridine rings is 1. The van der Waals surface area contributed by atoms with Crippen molar-refractivity contribution in [1.82, 2.24) is 20.1 Å². The molecule has 122 valence electrons. The van der Waals surface area contributed by atoms with Crippen molar-refractivity contribution in [2.45, 2.75) is 13.1 Å². The lowest BCUT2D eigenvalue weighted by atomic mass is 10.2. The molecular formula is C17H16N4O3. The predicted molar refractivity (Wildman–Crippen MR) is 86.1 cm³/mol. The zero-order chi connectivity index (χ0) is 16.9. The topological polar surface area (TPSA) is 92.4 Å². The van der Waals surface area contributed by atoms with Crippen LogP contribution >= 0.6 is 0 Å². The Morgan fingerprint density at radius 3 is 2.67 bits per heavy atom. The molecule has 0 saturated heterocycles. The van der Waals surface area contributed by atoms with Gasteiger partial charge in [0.15, 0.2) is 0 Å². The van der Waals surface area contributed by atoms with Crippen molar-refractivity contribution in [3.63, 3.8) is 0 Å². The van der Waals surface area contributed by atoms with E-state index in [1.807, 2.05) is 42.3 Å². The Morgan fingerprint density at radius 2 is 1.92 bits per heavy atom. The van der Waals surface area contributed by atoms with Crippen molar-refractivity contribution < 1.29 is 14.3 Å². The molecule has 1 aromatic carbocycles. The summed E-state index contributed by atoms with van der Waals surface area (Å²) < 4.78 is 5.66. The standard InChI is InChI=1S/C17H16N4O3/c1-21(10-14-13(17(22)23)8-5-9-18-14)11-15-19-20-16(24-15)12-6-3-2-4-7-12/h2-9H,10-11H2,1H3,(H,22,23). The van der Waals surface area contributed by atoms with E-state index in [1.165, 1.54) is 0 Å². The summed E-state index contributed by atoms with van der Waals surface area (Å²) in [6.45, 7) is 0.765. The fourth-order valence-corrected chi connectivity index (χ4v) is 2.32. The van der Waals surface area contributed by atoms with Crippen molar-refractivity contribution in [1.29, 1.82) is 0 Å². The summed E-state index contributed by atoms with van der Waals surface area (Å²) in [7, 11) is 1.84. The van der Waals surface area contributed by atoms with Crippen molar-refractivity contribution in [2.75, 3.05) is 7.05 Å². The Labute approximate surface area is 138 Å². The Balaban J connectivity index is 1.69. The number of carboxylic acids is 1. The van der Waals surface area contributed by atoms with Crippen molar-refractivity contribution >= 4 is 5.97 Å². The van der Waals surface area contributed by atoms with Crippen LogP contribution in [-0.4, -0.2) is 38.2 Å². The number of carbonyl (C=O) groups is 1. The molecule has 3 aromatic rings. The SMILES string of the molecule is CN(Cc1nnc(-c2ccccc2)o1)Cc1ncccc1C(=O)O. The molecule has 0 atom stereocenters. The summed E-state index contributed by atoms with van der Waals surface area (Å²) >= 11 is 0. The van der Waals surface area contributed by atoms with E-state index in [9.17, 15) is 9.90 Å². The van der Waals surface area contributed by atoms with Gasteiger partial charge >= 0.3 is 5.97 Å². The van der Waals surface area contributed by atoms with Crippen LogP contribution in [-0.2, 0) is 13.1 Å². The van der Waals surface area contributed by atoms with Crippen LogP contribution in [0.5, 0.6) is 0 Å². The van der Waals surface area contributed by atoms with E-state index < -0.39 is 5.97 Å². The quantitative estimate of drug-likeness (QED) is 0.744. The Bertz CT molecular complexity index is 833. The molecule has 7 nitrogen and oxygen atoms in total. The van der Waals surface area contributed by atoms with Gasteiger partial charge in [0, 0.05) is 18.3 Å². The summed E-state index contributed by atoms with van der Waals surface area (Å²) in [6.07, 6.45) is 1.58. The van der Waals surface area contributed by atoms with Crippen LogP contribution in [0.1, 0.15) is 21.9 Å². The lowest BCUT2D eigenvalue weighted by molar-refractivity contribution is 0.0694. The number of rotatable bonds is 6. The number of aromatic carboxylic acids is 1. The van der Waals surface area contributed by atoms with E-state index in [4.69, 9.17) is 4.42 Å². The van der Waals surface area contributed by atoms with E-state index in [-0.39, 0.29) is 5.56 Å². The first-order valence-electron chi connectivity index (χ1n) is 7.37. The second-order valence-corrected chi connectivity index (χ2v) is 5.34. The predicted octanol–water partition coefficient (Wildman–Crippen LogP) is 2.46. The molecule has 0 unspecified atom stereocenters. The van der Waals surface area contributed by atoms with Gasteiger partial charge < -0.3 is 9.52 Å². The highest BCUT2D eigenvalue weighted by Crippen LogP contribution is 2.18. The minimum absolute atomic E-state index is 0.194. The van der Waals surface area contributed by atoms with Crippen molar-refractivity contribution in [2.24, 2.45) is 0 Å². The molecule has 0 saturated carbocycles. The Kier molecular flexibility index (Phi) is 4.62. The fraction of sp³-hybridized carbons (Fsp3) is 0.176. The number of hydrogen-bond donors (Lipinski definition) is 1. The summed E-state index contributed by atoms with van der Waals surface area (Å²) in [5, 5.41) is 17.3. The third kappa shape index (κ3) is 3.64. The van der Waals surface area contributed by atoms with Crippen molar-refractivity contribution in [3.05, 3.63) is 65.8 Å². The summed E-state index contributed by atoms with van der Waals surface area (Å²) in [6, 6.07) is 12.7. The van der Waals surface area contributed by atoms with E-state index in [2.05, 4.69) is 15.2 Å². The molecule has 2 aromatic heterocycles. The highest BCUT2D eigenvalue weighted by atomic mass is 16.4. The maximum absolute atomic E-state index is 11.2. The zero-order valence-corrected chi connectivity index (χ0v) is 13.1. The molecule has 0 bridgehead atoms. The number of carboxylic acid groups (broad SMARTS) is 1. The highest BCUT2D eigenvalue weighted by molar-refractivity contribution is 5.88. The number of benzene rings is 1. The molecule has 0 aliphatic rings. The average Bonchev–Trinajstić information content (AvgIpc) is 3.04. The second kappa shape index (κ2) is 7.01. The van der Waals surface area contributed by atoms with Crippen LogP contribution < -0.4 is 0 Å². The molecule has 0 spiro atoms. The van der Waals surface area contributed by atoms with Gasteiger partial charge in [-0.05, 0) is 31.3 Å². The van der Waals surface area contributed by atoms with Gasteiger partial charge in [-0.15, -0.1) is 10.2 Å². The maximum Gasteiger partial charge on any atom is 0.337 e. The molecule has 0 aliphatic carbocycles. The fourth-order valence-electron chi connectivity index (χ4n) is 2.32. The molecule has 0 amide bonds. The van der Waals surface area contributed by atoms with Gasteiger partial charge in [-0.25, -0.2) is 4.79 Å². The average molecular weight is 324 g/mol. The van der Waals surface area contributed by atoms with Gasteiger partial charge in [0.05, 0.1) is 17.8 Å². The lowest BCUT2D eigenvalue weighted by Crippen LogP contribution is -2.20. The molecule has 0 fully saturated rings. The highest BCUT2D eigenvalue weighted by Gasteiger charge is 2.15. The van der Waals surface area contributed by atoms with Crippen LogP contribution in [0.2, 0.25) is 0 Å². The second-order valence-electron chi connectivity index (χ2n) is 5.34. The van der Waals surface area contributed by atoms with Gasteiger partial charge in [0.1, 0.15) is 0 Å². The normalized spacial score (nSPS) is 10.9.